The van der Waals surface area contributed by atoms with Gasteiger partial charge in [0.25, 0.3) is 10.1 Å². The van der Waals surface area contributed by atoms with Crippen molar-refractivity contribution in [3.8, 4) is 0 Å². The molecule has 1 aromatic rings. The summed E-state index contributed by atoms with van der Waals surface area (Å²) >= 11 is 0. The minimum Gasteiger partial charge on any atom is -0.375 e. The average molecular weight is 282 g/mol. The highest BCUT2D eigenvalue weighted by Crippen LogP contribution is 2.35. The third kappa shape index (κ3) is 2.83. The third-order valence-electron chi connectivity index (χ3n) is 3.82. The molecule has 0 saturated carbocycles. The summed E-state index contributed by atoms with van der Waals surface area (Å²) in [6.07, 6.45) is 3.53. The van der Waals surface area contributed by atoms with Gasteiger partial charge in [-0.05, 0) is 31.9 Å². The van der Waals surface area contributed by atoms with Gasteiger partial charge in [0.2, 0.25) is 0 Å². The zero-order valence-electron chi connectivity index (χ0n) is 10.9. The highest BCUT2D eigenvalue weighted by molar-refractivity contribution is 7.86. The van der Waals surface area contributed by atoms with Crippen molar-refractivity contribution in [3.63, 3.8) is 0 Å². The molecule has 2 aliphatic heterocycles. The Hall–Kier alpha value is -0.910. The van der Waals surface area contributed by atoms with Crippen molar-refractivity contribution in [3.05, 3.63) is 29.8 Å². The Morgan fingerprint density at radius 3 is 2.26 bits per heavy atom. The topological polar surface area (TPSA) is 52.6 Å². The first-order valence-electron chi connectivity index (χ1n) is 6.68. The lowest BCUT2D eigenvalue weighted by Gasteiger charge is -2.27. The molecule has 3 rings (SSSR count). The van der Waals surface area contributed by atoms with Crippen molar-refractivity contribution in [1.82, 2.24) is 0 Å². The monoisotopic (exact) mass is 282 g/mol. The minimum atomic E-state index is -3.65. The fraction of sp³-hybridized carbons (Fsp3) is 0.571. The first-order valence-corrected chi connectivity index (χ1v) is 8.09. The van der Waals surface area contributed by atoms with Gasteiger partial charge in [-0.2, -0.15) is 8.42 Å². The fourth-order valence-corrected chi connectivity index (χ4v) is 3.92. The lowest BCUT2D eigenvalue weighted by atomic mass is 10.1. The van der Waals surface area contributed by atoms with E-state index in [-0.39, 0.29) is 23.2 Å². The number of benzene rings is 1. The molecule has 0 amide bonds. The maximum absolute atomic E-state index is 12.2. The first kappa shape index (κ1) is 13.1. The van der Waals surface area contributed by atoms with Gasteiger partial charge in [-0.3, -0.25) is 4.18 Å². The van der Waals surface area contributed by atoms with E-state index < -0.39 is 10.1 Å². The molecule has 104 valence electrons. The molecule has 4 nitrogen and oxygen atoms in total. The zero-order valence-corrected chi connectivity index (χ0v) is 11.7. The van der Waals surface area contributed by atoms with Gasteiger partial charge >= 0.3 is 0 Å². The molecule has 2 atom stereocenters. The maximum Gasteiger partial charge on any atom is 0.297 e. The van der Waals surface area contributed by atoms with Crippen molar-refractivity contribution in [2.45, 2.75) is 55.8 Å². The molecule has 2 heterocycles. The average Bonchev–Trinajstić information content (AvgIpc) is 2.69. The molecular weight excluding hydrogens is 264 g/mol. The summed E-state index contributed by atoms with van der Waals surface area (Å²) in [5.74, 6) is 0. The molecule has 2 aliphatic rings. The smallest absolute Gasteiger partial charge is 0.297 e. The summed E-state index contributed by atoms with van der Waals surface area (Å²) in [6, 6.07) is 6.75. The van der Waals surface area contributed by atoms with E-state index >= 15 is 0 Å². The van der Waals surface area contributed by atoms with Crippen molar-refractivity contribution in [2.75, 3.05) is 0 Å². The molecule has 2 saturated heterocycles. The van der Waals surface area contributed by atoms with E-state index in [4.69, 9.17) is 8.92 Å². The van der Waals surface area contributed by atoms with Crippen molar-refractivity contribution in [2.24, 2.45) is 0 Å². The van der Waals surface area contributed by atoms with Crippen LogP contribution in [0.2, 0.25) is 0 Å². The molecule has 2 unspecified atom stereocenters. The summed E-state index contributed by atoms with van der Waals surface area (Å²) in [7, 11) is -3.65. The lowest BCUT2D eigenvalue weighted by Crippen LogP contribution is -2.32. The quantitative estimate of drug-likeness (QED) is 0.799. The van der Waals surface area contributed by atoms with Crippen LogP contribution < -0.4 is 0 Å². The van der Waals surface area contributed by atoms with Crippen LogP contribution in [0.1, 0.15) is 31.2 Å². The van der Waals surface area contributed by atoms with E-state index in [2.05, 4.69) is 0 Å². The molecule has 0 aromatic heterocycles. The molecule has 2 bridgehead atoms. The Kier molecular flexibility index (Phi) is 3.37. The van der Waals surface area contributed by atoms with Gasteiger partial charge in [0.05, 0.1) is 23.2 Å². The predicted octanol–water partition coefficient (Wildman–Crippen LogP) is 2.41. The molecule has 0 aliphatic carbocycles. The number of hydrogen-bond donors (Lipinski definition) is 0. The van der Waals surface area contributed by atoms with Crippen LogP contribution in [0.25, 0.3) is 0 Å². The van der Waals surface area contributed by atoms with E-state index in [1.54, 1.807) is 24.3 Å². The summed E-state index contributed by atoms with van der Waals surface area (Å²) in [5.41, 5.74) is 1.03. The molecule has 5 heteroatoms. The highest BCUT2D eigenvalue weighted by atomic mass is 32.2. The molecule has 0 spiro atoms. The first-order chi connectivity index (χ1) is 9.03. The van der Waals surface area contributed by atoms with Gasteiger partial charge in [0, 0.05) is 12.8 Å². The molecule has 19 heavy (non-hydrogen) atoms. The Morgan fingerprint density at radius 1 is 1.11 bits per heavy atom. The normalized spacial score (nSPS) is 30.5. The van der Waals surface area contributed by atoms with Crippen LogP contribution in [-0.2, 0) is 19.0 Å². The fourth-order valence-electron chi connectivity index (χ4n) is 2.83. The van der Waals surface area contributed by atoms with Crippen LogP contribution >= 0.6 is 0 Å². The van der Waals surface area contributed by atoms with Crippen LogP contribution in [0, 0.1) is 6.92 Å². The lowest BCUT2D eigenvalue weighted by molar-refractivity contribution is -0.0421. The summed E-state index contributed by atoms with van der Waals surface area (Å²) in [4.78, 5) is 0.233. The Bertz CT molecular complexity index is 537. The van der Waals surface area contributed by atoms with Gasteiger partial charge in [0.15, 0.2) is 0 Å². The minimum absolute atomic E-state index is 0.178. The Labute approximate surface area is 113 Å². The number of fused-ring (bicyclic) bond motifs is 2. The van der Waals surface area contributed by atoms with Gasteiger partial charge in [0.1, 0.15) is 0 Å². The van der Waals surface area contributed by atoms with Crippen molar-refractivity contribution >= 4 is 10.1 Å². The van der Waals surface area contributed by atoms with Gasteiger partial charge < -0.3 is 4.74 Å². The number of aryl methyl sites for hydroxylation is 1. The SMILES string of the molecule is Cc1ccc(S(=O)(=O)OC2CC3CCC(C2)O3)cc1. The van der Waals surface area contributed by atoms with E-state index in [0.29, 0.717) is 12.8 Å². The Morgan fingerprint density at radius 2 is 1.68 bits per heavy atom. The van der Waals surface area contributed by atoms with Crippen LogP contribution in [0.15, 0.2) is 29.2 Å². The van der Waals surface area contributed by atoms with Gasteiger partial charge in [-0.1, -0.05) is 17.7 Å². The largest absolute Gasteiger partial charge is 0.375 e. The van der Waals surface area contributed by atoms with E-state index in [1.165, 1.54) is 0 Å². The molecule has 0 N–H and O–H groups in total. The van der Waals surface area contributed by atoms with E-state index in [1.807, 2.05) is 6.92 Å². The number of hydrogen-bond acceptors (Lipinski definition) is 4. The van der Waals surface area contributed by atoms with Gasteiger partial charge in [-0.25, -0.2) is 0 Å². The second kappa shape index (κ2) is 4.89. The maximum atomic E-state index is 12.2. The summed E-state index contributed by atoms with van der Waals surface area (Å²) in [6.45, 7) is 1.92. The molecule has 0 radical (unpaired) electrons. The molecule has 2 fully saturated rings. The van der Waals surface area contributed by atoms with Crippen LogP contribution in [0.4, 0.5) is 0 Å². The molecular formula is C14H18O4S. The molecule has 1 aromatic carbocycles. The summed E-state index contributed by atoms with van der Waals surface area (Å²) < 4.78 is 35.4. The third-order valence-corrected chi connectivity index (χ3v) is 5.19. The second-order valence-corrected chi connectivity index (χ2v) is 6.99. The van der Waals surface area contributed by atoms with E-state index in [0.717, 1.165) is 18.4 Å². The van der Waals surface area contributed by atoms with Crippen LogP contribution in [0.3, 0.4) is 0 Å². The standard InChI is InChI=1S/C14H18O4S/c1-10-2-6-14(7-3-10)19(15,16)18-13-8-11-4-5-12(9-13)17-11/h2-3,6-7,11-13H,4-5,8-9H2,1H3. The Balaban J connectivity index is 1.73. The highest BCUT2D eigenvalue weighted by Gasteiger charge is 2.37. The van der Waals surface area contributed by atoms with Crippen molar-refractivity contribution < 1.29 is 17.3 Å². The second-order valence-electron chi connectivity index (χ2n) is 5.41. The predicted molar refractivity (Wildman–Crippen MR) is 70.4 cm³/mol. The number of rotatable bonds is 3. The van der Waals surface area contributed by atoms with Crippen LogP contribution in [0.5, 0.6) is 0 Å². The number of ether oxygens (including phenoxy) is 1. The summed E-state index contributed by atoms with van der Waals surface area (Å²) in [5, 5.41) is 0. The van der Waals surface area contributed by atoms with Gasteiger partial charge in [-0.15, -0.1) is 0 Å². The van der Waals surface area contributed by atoms with Crippen molar-refractivity contribution in [1.29, 1.82) is 0 Å². The van der Waals surface area contributed by atoms with E-state index in [9.17, 15) is 8.42 Å². The van der Waals surface area contributed by atoms with Crippen LogP contribution in [-0.4, -0.2) is 26.7 Å². The zero-order chi connectivity index (χ0) is 13.5.